The van der Waals surface area contributed by atoms with E-state index in [9.17, 15) is 4.79 Å². The second kappa shape index (κ2) is 7.66. The number of rotatable bonds is 7. The third kappa shape index (κ3) is 4.71. The molecule has 0 aliphatic carbocycles. The lowest BCUT2D eigenvalue weighted by molar-refractivity contribution is 0.0871. The Kier molecular flexibility index (Phi) is 6.14. The molecule has 5 heteroatoms. The van der Waals surface area contributed by atoms with Gasteiger partial charge in [-0.1, -0.05) is 0 Å². The van der Waals surface area contributed by atoms with Crippen LogP contribution in [0.4, 0.5) is 5.82 Å². The van der Waals surface area contributed by atoms with E-state index in [0.717, 1.165) is 12.4 Å². The van der Waals surface area contributed by atoms with Crippen LogP contribution >= 0.6 is 0 Å². The molecular formula is C13H21N3O2. The molecule has 0 fully saturated rings. The summed E-state index contributed by atoms with van der Waals surface area (Å²) in [4.78, 5) is 16.0. The highest BCUT2D eigenvalue weighted by Gasteiger charge is 2.09. The number of nitrogens with one attached hydrogen (secondary N) is 2. The monoisotopic (exact) mass is 251 g/mol. The van der Waals surface area contributed by atoms with E-state index >= 15 is 0 Å². The Bertz CT molecular complexity index is 365. The van der Waals surface area contributed by atoms with Crippen molar-refractivity contribution >= 4 is 11.7 Å². The molecule has 0 bridgehead atoms. The number of nitrogens with zero attached hydrogens (tertiary/aromatic N) is 1. The minimum atomic E-state index is -0.127. The van der Waals surface area contributed by atoms with Gasteiger partial charge in [-0.05, 0) is 32.9 Å². The van der Waals surface area contributed by atoms with Crippen LogP contribution in [0.1, 0.15) is 31.1 Å². The zero-order chi connectivity index (χ0) is 13.4. The normalized spacial score (nSPS) is 11.9. The van der Waals surface area contributed by atoms with Gasteiger partial charge < -0.3 is 15.4 Å². The lowest BCUT2D eigenvalue weighted by Crippen LogP contribution is -2.35. The van der Waals surface area contributed by atoms with E-state index in [4.69, 9.17) is 4.74 Å². The van der Waals surface area contributed by atoms with E-state index in [-0.39, 0.29) is 11.9 Å². The van der Waals surface area contributed by atoms with Crippen molar-refractivity contribution in [1.82, 2.24) is 10.3 Å². The number of ether oxygens (including phenoxy) is 1. The fourth-order valence-corrected chi connectivity index (χ4v) is 1.46. The van der Waals surface area contributed by atoms with Crippen LogP contribution in [0.2, 0.25) is 0 Å². The summed E-state index contributed by atoms with van der Waals surface area (Å²) in [7, 11) is 0. The molecule has 2 N–H and O–H groups in total. The van der Waals surface area contributed by atoms with E-state index in [1.807, 2.05) is 20.8 Å². The molecule has 1 unspecified atom stereocenters. The van der Waals surface area contributed by atoms with Gasteiger partial charge >= 0.3 is 0 Å². The Morgan fingerprint density at radius 3 is 2.78 bits per heavy atom. The van der Waals surface area contributed by atoms with Gasteiger partial charge in [-0.15, -0.1) is 0 Å². The van der Waals surface area contributed by atoms with Crippen LogP contribution in [0.25, 0.3) is 0 Å². The Morgan fingerprint density at radius 1 is 1.44 bits per heavy atom. The van der Waals surface area contributed by atoms with Gasteiger partial charge in [0.2, 0.25) is 0 Å². The van der Waals surface area contributed by atoms with Crippen LogP contribution in [-0.2, 0) is 4.74 Å². The molecule has 0 saturated carbocycles. The molecule has 1 amide bonds. The van der Waals surface area contributed by atoms with Gasteiger partial charge in [-0.3, -0.25) is 4.79 Å². The summed E-state index contributed by atoms with van der Waals surface area (Å²) in [6, 6.07) is 3.55. The number of carbonyl (C=O) groups is 1. The van der Waals surface area contributed by atoms with Gasteiger partial charge in [0.25, 0.3) is 5.91 Å². The number of anilines is 1. The van der Waals surface area contributed by atoms with Crippen molar-refractivity contribution in [2.24, 2.45) is 0 Å². The maximum absolute atomic E-state index is 11.9. The second-order valence-corrected chi connectivity index (χ2v) is 4.00. The summed E-state index contributed by atoms with van der Waals surface area (Å²) in [6.07, 6.45) is 1.57. The van der Waals surface area contributed by atoms with E-state index in [1.165, 1.54) is 0 Å². The van der Waals surface area contributed by atoms with Crippen LogP contribution in [-0.4, -0.2) is 36.7 Å². The maximum atomic E-state index is 11.9. The van der Waals surface area contributed by atoms with Crippen LogP contribution < -0.4 is 10.6 Å². The number of amides is 1. The van der Waals surface area contributed by atoms with Crippen LogP contribution in [0, 0.1) is 0 Å². The second-order valence-electron chi connectivity index (χ2n) is 4.00. The summed E-state index contributed by atoms with van der Waals surface area (Å²) < 4.78 is 5.24. The first-order valence-electron chi connectivity index (χ1n) is 6.25. The Morgan fingerprint density at radius 2 is 2.22 bits per heavy atom. The first-order valence-corrected chi connectivity index (χ1v) is 6.25. The van der Waals surface area contributed by atoms with E-state index < -0.39 is 0 Å². The van der Waals surface area contributed by atoms with Gasteiger partial charge in [0.1, 0.15) is 5.82 Å². The molecular weight excluding hydrogens is 230 g/mol. The predicted octanol–water partition coefficient (Wildman–Crippen LogP) is 1.67. The molecule has 100 valence electrons. The molecule has 1 aromatic rings. The topological polar surface area (TPSA) is 63.2 Å². The minimum absolute atomic E-state index is 0.00843. The van der Waals surface area contributed by atoms with Gasteiger partial charge in [0.05, 0.1) is 12.2 Å². The summed E-state index contributed by atoms with van der Waals surface area (Å²) in [5.41, 5.74) is 0.556. The maximum Gasteiger partial charge on any atom is 0.253 e. The van der Waals surface area contributed by atoms with Gasteiger partial charge in [-0.25, -0.2) is 4.98 Å². The Hall–Kier alpha value is -1.62. The standard InChI is InChI=1S/C13H21N3O2/c1-4-14-12-7-6-11(8-15-12)13(17)16-10(3)9-18-5-2/h6-8,10H,4-5,9H2,1-3H3,(H,14,15)(H,16,17). The van der Waals surface area contributed by atoms with E-state index in [0.29, 0.717) is 18.8 Å². The lowest BCUT2D eigenvalue weighted by Gasteiger charge is -2.13. The first-order chi connectivity index (χ1) is 8.67. The average molecular weight is 251 g/mol. The number of carbonyl (C=O) groups excluding carboxylic acids is 1. The lowest BCUT2D eigenvalue weighted by atomic mass is 10.2. The summed E-state index contributed by atoms with van der Waals surface area (Å²) in [5.74, 6) is 0.647. The third-order valence-corrected chi connectivity index (χ3v) is 2.33. The first kappa shape index (κ1) is 14.4. The largest absolute Gasteiger partial charge is 0.380 e. The molecule has 5 nitrogen and oxygen atoms in total. The number of hydrogen-bond acceptors (Lipinski definition) is 4. The summed E-state index contributed by atoms with van der Waals surface area (Å²) >= 11 is 0. The van der Waals surface area contributed by atoms with Gasteiger partial charge in [0, 0.05) is 25.4 Å². The fraction of sp³-hybridized carbons (Fsp3) is 0.538. The molecule has 0 radical (unpaired) electrons. The zero-order valence-corrected chi connectivity index (χ0v) is 11.2. The Labute approximate surface area is 108 Å². The molecule has 0 saturated heterocycles. The van der Waals surface area contributed by atoms with Crippen molar-refractivity contribution in [2.75, 3.05) is 25.1 Å². The summed E-state index contributed by atoms with van der Waals surface area (Å²) in [6.45, 7) is 7.82. The summed E-state index contributed by atoms with van der Waals surface area (Å²) in [5, 5.41) is 5.94. The zero-order valence-electron chi connectivity index (χ0n) is 11.2. The molecule has 0 aromatic carbocycles. The van der Waals surface area contributed by atoms with Crippen molar-refractivity contribution in [3.8, 4) is 0 Å². The van der Waals surface area contributed by atoms with Crippen molar-refractivity contribution in [3.63, 3.8) is 0 Å². The number of aromatic nitrogens is 1. The number of hydrogen-bond donors (Lipinski definition) is 2. The minimum Gasteiger partial charge on any atom is -0.380 e. The predicted molar refractivity (Wildman–Crippen MR) is 71.8 cm³/mol. The molecule has 1 heterocycles. The highest BCUT2D eigenvalue weighted by molar-refractivity contribution is 5.94. The number of pyridine rings is 1. The SMILES string of the molecule is CCNc1ccc(C(=O)NC(C)COCC)cn1. The van der Waals surface area contributed by atoms with Crippen LogP contribution in [0.3, 0.4) is 0 Å². The molecule has 0 spiro atoms. The van der Waals surface area contributed by atoms with Crippen molar-refractivity contribution < 1.29 is 9.53 Å². The van der Waals surface area contributed by atoms with Crippen molar-refractivity contribution in [1.29, 1.82) is 0 Å². The van der Waals surface area contributed by atoms with Gasteiger partial charge in [-0.2, -0.15) is 0 Å². The third-order valence-electron chi connectivity index (χ3n) is 2.33. The van der Waals surface area contributed by atoms with Crippen LogP contribution in [0.5, 0.6) is 0 Å². The molecule has 0 aliphatic rings. The quantitative estimate of drug-likeness (QED) is 0.773. The molecule has 18 heavy (non-hydrogen) atoms. The van der Waals surface area contributed by atoms with Crippen LogP contribution in [0.15, 0.2) is 18.3 Å². The molecule has 0 aliphatic heterocycles. The molecule has 1 atom stereocenters. The van der Waals surface area contributed by atoms with E-state index in [2.05, 4.69) is 15.6 Å². The smallest absolute Gasteiger partial charge is 0.253 e. The van der Waals surface area contributed by atoms with Crippen molar-refractivity contribution in [2.45, 2.75) is 26.8 Å². The molecule has 1 rings (SSSR count). The average Bonchev–Trinajstić information content (AvgIpc) is 2.37. The van der Waals surface area contributed by atoms with E-state index in [1.54, 1.807) is 18.3 Å². The molecule has 1 aromatic heterocycles. The Balaban J connectivity index is 2.50. The van der Waals surface area contributed by atoms with Crippen molar-refractivity contribution in [3.05, 3.63) is 23.9 Å². The highest BCUT2D eigenvalue weighted by atomic mass is 16.5. The fourth-order valence-electron chi connectivity index (χ4n) is 1.46. The van der Waals surface area contributed by atoms with Gasteiger partial charge in [0.15, 0.2) is 0 Å². The highest BCUT2D eigenvalue weighted by Crippen LogP contribution is 2.04.